The van der Waals surface area contributed by atoms with Gasteiger partial charge in [0.15, 0.2) is 5.96 Å². The molecule has 0 amide bonds. The lowest BCUT2D eigenvalue weighted by atomic mass is 9.87. The lowest BCUT2D eigenvalue weighted by Crippen LogP contribution is -2.47. The van der Waals surface area contributed by atoms with E-state index in [0.29, 0.717) is 12.2 Å². The summed E-state index contributed by atoms with van der Waals surface area (Å²) in [5.41, 5.74) is 2.84. The number of ether oxygens (including phenoxy) is 2. The molecule has 2 heterocycles. The Labute approximate surface area is 170 Å². The fourth-order valence-electron chi connectivity index (χ4n) is 3.89. The van der Waals surface area contributed by atoms with Crippen LogP contribution in [0.3, 0.4) is 0 Å². The van der Waals surface area contributed by atoms with Gasteiger partial charge in [-0.25, -0.2) is 0 Å². The quantitative estimate of drug-likeness (QED) is 0.618. The molecule has 0 radical (unpaired) electrons. The smallest absolute Gasteiger partial charge is 0.193 e. The summed E-state index contributed by atoms with van der Waals surface area (Å²) in [6.07, 6.45) is 5.08. The first-order valence-electron chi connectivity index (χ1n) is 10.7. The van der Waals surface area contributed by atoms with Crippen molar-refractivity contribution >= 4 is 5.96 Å². The van der Waals surface area contributed by atoms with Gasteiger partial charge in [-0.1, -0.05) is 45.0 Å². The average Bonchev–Trinajstić information content (AvgIpc) is 3.21. The molecular weight excluding hydrogens is 350 g/mol. The zero-order valence-corrected chi connectivity index (χ0v) is 18.0. The Kier molecular flexibility index (Phi) is 7.36. The number of likely N-dealkylation sites (tertiary alicyclic amines) is 1. The minimum atomic E-state index is 0.193. The van der Waals surface area contributed by atoms with Crippen LogP contribution in [0.15, 0.2) is 29.3 Å². The zero-order chi connectivity index (χ0) is 20.0. The molecule has 1 unspecified atom stereocenters. The van der Waals surface area contributed by atoms with E-state index in [1.54, 1.807) is 0 Å². The number of nitrogens with one attached hydrogen (secondary N) is 1. The largest absolute Gasteiger partial charge is 0.376 e. The number of nitrogens with zero attached hydrogens (tertiary/aromatic N) is 2. The third kappa shape index (κ3) is 5.95. The van der Waals surface area contributed by atoms with E-state index in [9.17, 15) is 0 Å². The van der Waals surface area contributed by atoms with Crippen molar-refractivity contribution in [1.29, 1.82) is 0 Å². The minimum Gasteiger partial charge on any atom is -0.376 e. The molecule has 1 N–H and O–H groups in total. The molecular formula is C23H37N3O2. The van der Waals surface area contributed by atoms with Gasteiger partial charge in [0.25, 0.3) is 0 Å². The molecule has 28 heavy (non-hydrogen) atoms. The second-order valence-corrected chi connectivity index (χ2v) is 9.00. The van der Waals surface area contributed by atoms with E-state index in [1.165, 1.54) is 17.5 Å². The van der Waals surface area contributed by atoms with Gasteiger partial charge < -0.3 is 19.7 Å². The summed E-state index contributed by atoms with van der Waals surface area (Å²) < 4.78 is 11.7. The van der Waals surface area contributed by atoms with Crippen LogP contribution in [-0.4, -0.2) is 56.4 Å². The number of guanidine groups is 1. The first-order chi connectivity index (χ1) is 13.5. The number of hydrogen-bond acceptors (Lipinski definition) is 3. The summed E-state index contributed by atoms with van der Waals surface area (Å²) >= 11 is 0. The molecule has 3 rings (SSSR count). The highest BCUT2D eigenvalue weighted by atomic mass is 16.5. The predicted molar refractivity (Wildman–Crippen MR) is 115 cm³/mol. The van der Waals surface area contributed by atoms with E-state index < -0.39 is 0 Å². The van der Waals surface area contributed by atoms with E-state index >= 15 is 0 Å². The molecule has 156 valence electrons. The molecule has 2 saturated heterocycles. The average molecular weight is 388 g/mol. The summed E-state index contributed by atoms with van der Waals surface area (Å²) in [5.74, 6) is 0.984. The first kappa shape index (κ1) is 21.1. The fourth-order valence-corrected chi connectivity index (χ4v) is 3.89. The first-order valence-corrected chi connectivity index (χ1v) is 10.7. The lowest BCUT2D eigenvalue weighted by Gasteiger charge is -2.34. The summed E-state index contributed by atoms with van der Waals surface area (Å²) in [6.45, 7) is 11.2. The monoisotopic (exact) mass is 387 g/mol. The standard InChI is InChI=1S/C23H37N3O2/c1-23(2,3)19-9-7-18(8-10-19)16-25-22(24-4)26-13-11-20(12-14-26)28-17-21-6-5-15-27-21/h7-10,20-21H,5-6,11-17H2,1-4H3,(H,24,25). The number of rotatable bonds is 5. The van der Waals surface area contributed by atoms with Crippen molar-refractivity contribution in [1.82, 2.24) is 10.2 Å². The molecule has 5 heteroatoms. The minimum absolute atomic E-state index is 0.193. The van der Waals surface area contributed by atoms with Crippen LogP contribution in [0.4, 0.5) is 0 Å². The van der Waals surface area contributed by atoms with Gasteiger partial charge in [0.05, 0.1) is 18.8 Å². The highest BCUT2D eigenvalue weighted by Crippen LogP contribution is 2.22. The summed E-state index contributed by atoms with van der Waals surface area (Å²) in [6, 6.07) is 8.89. The fraction of sp³-hybridized carbons (Fsp3) is 0.696. The van der Waals surface area contributed by atoms with Crippen molar-refractivity contribution < 1.29 is 9.47 Å². The second-order valence-electron chi connectivity index (χ2n) is 9.00. The molecule has 1 atom stereocenters. The van der Waals surface area contributed by atoms with Gasteiger partial charge in [0.1, 0.15) is 0 Å². The highest BCUT2D eigenvalue weighted by molar-refractivity contribution is 5.79. The molecule has 2 aliphatic rings. The highest BCUT2D eigenvalue weighted by Gasteiger charge is 2.24. The van der Waals surface area contributed by atoms with Crippen molar-refractivity contribution in [3.05, 3.63) is 35.4 Å². The van der Waals surface area contributed by atoms with E-state index in [-0.39, 0.29) is 5.41 Å². The van der Waals surface area contributed by atoms with E-state index in [4.69, 9.17) is 9.47 Å². The Bertz CT molecular complexity index is 622. The Balaban J connectivity index is 1.42. The Morgan fingerprint density at radius 3 is 2.46 bits per heavy atom. The third-order valence-corrected chi connectivity index (χ3v) is 5.77. The molecule has 0 saturated carbocycles. The molecule has 2 aliphatic heterocycles. The van der Waals surface area contributed by atoms with Crippen LogP contribution < -0.4 is 5.32 Å². The van der Waals surface area contributed by atoms with Crippen LogP contribution in [0.2, 0.25) is 0 Å². The van der Waals surface area contributed by atoms with Gasteiger partial charge in [-0.05, 0) is 42.2 Å². The molecule has 1 aromatic carbocycles. The topological polar surface area (TPSA) is 46.1 Å². The molecule has 0 spiro atoms. The third-order valence-electron chi connectivity index (χ3n) is 5.77. The molecule has 5 nitrogen and oxygen atoms in total. The molecule has 2 fully saturated rings. The second kappa shape index (κ2) is 9.75. The Hall–Kier alpha value is -1.59. The van der Waals surface area contributed by atoms with Crippen LogP contribution in [-0.2, 0) is 21.4 Å². The zero-order valence-electron chi connectivity index (χ0n) is 18.0. The maximum Gasteiger partial charge on any atom is 0.193 e. The number of hydrogen-bond donors (Lipinski definition) is 1. The van der Waals surface area contributed by atoms with Crippen LogP contribution in [0.5, 0.6) is 0 Å². The summed E-state index contributed by atoms with van der Waals surface area (Å²) in [7, 11) is 1.87. The molecule has 0 aliphatic carbocycles. The van der Waals surface area contributed by atoms with Crippen LogP contribution >= 0.6 is 0 Å². The number of aliphatic imine (C=N–C) groups is 1. The SMILES string of the molecule is CN=C(NCc1ccc(C(C)(C)C)cc1)N1CCC(OCC2CCCO2)CC1. The van der Waals surface area contributed by atoms with Crippen molar-refractivity contribution in [2.24, 2.45) is 4.99 Å². The lowest BCUT2D eigenvalue weighted by molar-refractivity contribution is -0.0367. The Morgan fingerprint density at radius 2 is 1.89 bits per heavy atom. The van der Waals surface area contributed by atoms with E-state index in [1.807, 2.05) is 7.05 Å². The van der Waals surface area contributed by atoms with Gasteiger partial charge in [-0.3, -0.25) is 4.99 Å². The predicted octanol–water partition coefficient (Wildman–Crippen LogP) is 3.72. The van der Waals surface area contributed by atoms with Crippen molar-refractivity contribution in [3.63, 3.8) is 0 Å². The molecule has 0 bridgehead atoms. The van der Waals surface area contributed by atoms with Gasteiger partial charge in [0.2, 0.25) is 0 Å². The van der Waals surface area contributed by atoms with Crippen LogP contribution in [0, 0.1) is 0 Å². The normalized spacial score (nSPS) is 21.9. The van der Waals surface area contributed by atoms with Crippen molar-refractivity contribution in [2.75, 3.05) is 33.4 Å². The van der Waals surface area contributed by atoms with Crippen molar-refractivity contribution in [3.8, 4) is 0 Å². The van der Waals surface area contributed by atoms with Gasteiger partial charge >= 0.3 is 0 Å². The number of benzene rings is 1. The van der Waals surface area contributed by atoms with E-state index in [2.05, 4.69) is 60.2 Å². The van der Waals surface area contributed by atoms with E-state index in [0.717, 1.165) is 58.1 Å². The Morgan fingerprint density at radius 1 is 1.18 bits per heavy atom. The summed E-state index contributed by atoms with van der Waals surface area (Å²) in [5, 5.41) is 3.52. The van der Waals surface area contributed by atoms with Crippen LogP contribution in [0.1, 0.15) is 57.6 Å². The van der Waals surface area contributed by atoms with Gasteiger partial charge in [-0.2, -0.15) is 0 Å². The molecule has 0 aromatic heterocycles. The van der Waals surface area contributed by atoms with Crippen LogP contribution in [0.25, 0.3) is 0 Å². The molecule has 1 aromatic rings. The summed E-state index contributed by atoms with van der Waals surface area (Å²) in [4.78, 5) is 6.83. The van der Waals surface area contributed by atoms with Crippen molar-refractivity contribution in [2.45, 2.75) is 70.6 Å². The number of piperidine rings is 1. The van der Waals surface area contributed by atoms with Gasteiger partial charge in [0, 0.05) is 33.3 Å². The van der Waals surface area contributed by atoms with Gasteiger partial charge in [-0.15, -0.1) is 0 Å². The maximum atomic E-state index is 6.08. The maximum absolute atomic E-state index is 6.08.